The molecule has 0 aromatic heterocycles. The van der Waals surface area contributed by atoms with E-state index in [1.807, 2.05) is 0 Å². The Morgan fingerprint density at radius 2 is 2.31 bits per heavy atom. The van der Waals surface area contributed by atoms with Crippen molar-refractivity contribution < 1.29 is 9.31 Å². The molecule has 0 unspecified atom stereocenters. The maximum absolute atomic E-state index is 13.1. The van der Waals surface area contributed by atoms with Gasteiger partial charge in [0.2, 0.25) is 0 Å². The van der Waals surface area contributed by atoms with E-state index in [9.17, 15) is 14.5 Å². The molecular weight excluding hydrogens is 175 g/mol. The lowest BCUT2D eigenvalue weighted by molar-refractivity contribution is -0.385. The van der Waals surface area contributed by atoms with Crippen molar-refractivity contribution in [3.05, 3.63) is 39.7 Å². The molecule has 0 atom stereocenters. The molecule has 5 heteroatoms. The van der Waals surface area contributed by atoms with Gasteiger partial charge in [0.15, 0.2) is 0 Å². The smallest absolute Gasteiger partial charge is 0.276 e. The molecule has 0 saturated heterocycles. The molecule has 0 aliphatic heterocycles. The number of rotatable bonds is 3. The third-order valence-electron chi connectivity index (χ3n) is 1.64. The molecule has 0 bridgehead atoms. The van der Waals surface area contributed by atoms with E-state index >= 15 is 0 Å². The molecule has 0 amide bonds. The quantitative estimate of drug-likeness (QED) is 0.571. The molecule has 0 saturated carbocycles. The molecule has 0 spiro atoms. The van der Waals surface area contributed by atoms with Crippen LogP contribution in [0.2, 0.25) is 0 Å². The number of nitro groups is 1. The van der Waals surface area contributed by atoms with Crippen molar-refractivity contribution in [3.8, 4) is 0 Å². The summed E-state index contributed by atoms with van der Waals surface area (Å²) in [5.41, 5.74) is -0.0932. The lowest BCUT2D eigenvalue weighted by Gasteiger charge is -2.02. The predicted octanol–water partition coefficient (Wildman–Crippen LogP) is 1.45. The third kappa shape index (κ3) is 2.00. The maximum atomic E-state index is 13.1. The fourth-order valence-electron chi connectivity index (χ4n) is 1.07. The van der Waals surface area contributed by atoms with E-state index in [-0.39, 0.29) is 17.8 Å². The molecule has 70 valence electrons. The fraction of sp³-hybridized carbons (Fsp3) is 0.250. The van der Waals surface area contributed by atoms with Crippen molar-refractivity contribution in [1.82, 2.24) is 5.32 Å². The molecule has 13 heavy (non-hydrogen) atoms. The lowest BCUT2D eigenvalue weighted by Crippen LogP contribution is -2.09. The Balaban J connectivity index is 3.17. The largest absolute Gasteiger partial charge is 0.315 e. The second kappa shape index (κ2) is 3.95. The monoisotopic (exact) mass is 184 g/mol. The van der Waals surface area contributed by atoms with Crippen molar-refractivity contribution in [2.45, 2.75) is 6.54 Å². The van der Waals surface area contributed by atoms with Crippen LogP contribution < -0.4 is 5.32 Å². The van der Waals surface area contributed by atoms with E-state index in [4.69, 9.17) is 0 Å². The van der Waals surface area contributed by atoms with E-state index in [0.717, 1.165) is 0 Å². The highest BCUT2D eigenvalue weighted by Crippen LogP contribution is 2.20. The first-order valence-electron chi connectivity index (χ1n) is 3.73. The van der Waals surface area contributed by atoms with Gasteiger partial charge >= 0.3 is 0 Å². The van der Waals surface area contributed by atoms with Gasteiger partial charge in [-0.1, -0.05) is 6.07 Å². The van der Waals surface area contributed by atoms with Crippen molar-refractivity contribution >= 4 is 5.69 Å². The van der Waals surface area contributed by atoms with E-state index in [1.165, 1.54) is 18.2 Å². The van der Waals surface area contributed by atoms with Gasteiger partial charge in [-0.2, -0.15) is 0 Å². The van der Waals surface area contributed by atoms with Crippen LogP contribution in [-0.2, 0) is 6.54 Å². The normalized spacial score (nSPS) is 10.0. The first kappa shape index (κ1) is 9.60. The molecule has 1 rings (SSSR count). The zero-order valence-electron chi connectivity index (χ0n) is 7.08. The Morgan fingerprint density at radius 1 is 1.62 bits per heavy atom. The van der Waals surface area contributed by atoms with Gasteiger partial charge in [0, 0.05) is 12.6 Å². The molecule has 1 aromatic carbocycles. The minimum atomic E-state index is -0.588. The van der Waals surface area contributed by atoms with Gasteiger partial charge in [-0.05, 0) is 13.1 Å². The van der Waals surface area contributed by atoms with Crippen LogP contribution in [-0.4, -0.2) is 12.0 Å². The van der Waals surface area contributed by atoms with Gasteiger partial charge in [0.25, 0.3) is 5.69 Å². The van der Waals surface area contributed by atoms with Crippen LogP contribution in [0.15, 0.2) is 18.2 Å². The van der Waals surface area contributed by atoms with Crippen LogP contribution in [0.25, 0.3) is 0 Å². The Hall–Kier alpha value is -1.49. The summed E-state index contributed by atoms with van der Waals surface area (Å²) in [6.07, 6.45) is 0. The number of nitro benzene ring substituents is 1. The third-order valence-corrected chi connectivity index (χ3v) is 1.64. The van der Waals surface area contributed by atoms with Gasteiger partial charge in [0.05, 0.1) is 10.5 Å². The standard InChI is InChI=1S/C8H9FN2O2/c1-10-5-6-7(9)3-2-4-8(6)11(12)13/h2-4,10H,5H2,1H3. The van der Waals surface area contributed by atoms with Crippen LogP contribution in [0.4, 0.5) is 10.1 Å². The topological polar surface area (TPSA) is 55.2 Å². The Morgan fingerprint density at radius 3 is 2.85 bits per heavy atom. The van der Waals surface area contributed by atoms with Gasteiger partial charge < -0.3 is 5.32 Å². The summed E-state index contributed by atoms with van der Waals surface area (Å²) in [6, 6.07) is 3.82. The van der Waals surface area contributed by atoms with Crippen LogP contribution in [0.3, 0.4) is 0 Å². The van der Waals surface area contributed by atoms with Crippen molar-refractivity contribution in [3.63, 3.8) is 0 Å². The zero-order chi connectivity index (χ0) is 9.84. The second-order valence-electron chi connectivity index (χ2n) is 2.52. The summed E-state index contributed by atoms with van der Waals surface area (Å²) >= 11 is 0. The molecule has 0 heterocycles. The Labute approximate surface area is 74.5 Å². The summed E-state index contributed by atoms with van der Waals surface area (Å²) in [4.78, 5) is 9.87. The molecule has 0 aliphatic rings. The summed E-state index contributed by atoms with van der Waals surface area (Å²) < 4.78 is 13.1. The highest BCUT2D eigenvalue weighted by atomic mass is 19.1. The molecule has 4 nitrogen and oxygen atoms in total. The molecule has 0 radical (unpaired) electrons. The van der Waals surface area contributed by atoms with E-state index in [0.29, 0.717) is 0 Å². The number of hydrogen-bond donors (Lipinski definition) is 1. The Bertz CT molecular complexity index is 328. The summed E-state index contributed by atoms with van der Waals surface area (Å²) in [5, 5.41) is 13.1. The van der Waals surface area contributed by atoms with Crippen molar-refractivity contribution in [2.24, 2.45) is 0 Å². The maximum Gasteiger partial charge on any atom is 0.276 e. The van der Waals surface area contributed by atoms with E-state index in [2.05, 4.69) is 5.32 Å². The zero-order valence-corrected chi connectivity index (χ0v) is 7.08. The number of halogens is 1. The number of nitrogens with one attached hydrogen (secondary N) is 1. The van der Waals surface area contributed by atoms with Crippen LogP contribution in [0, 0.1) is 15.9 Å². The Kier molecular flexibility index (Phi) is 2.92. The number of benzene rings is 1. The molecule has 1 N–H and O–H groups in total. The summed E-state index contributed by atoms with van der Waals surface area (Å²) in [7, 11) is 1.61. The van der Waals surface area contributed by atoms with Gasteiger partial charge in [0.1, 0.15) is 5.82 Å². The van der Waals surface area contributed by atoms with Crippen LogP contribution >= 0.6 is 0 Å². The van der Waals surface area contributed by atoms with Gasteiger partial charge in [-0.15, -0.1) is 0 Å². The highest BCUT2D eigenvalue weighted by Gasteiger charge is 2.15. The van der Waals surface area contributed by atoms with Gasteiger partial charge in [-0.25, -0.2) is 4.39 Å². The highest BCUT2D eigenvalue weighted by molar-refractivity contribution is 5.40. The lowest BCUT2D eigenvalue weighted by atomic mass is 10.1. The van der Waals surface area contributed by atoms with Crippen LogP contribution in [0.1, 0.15) is 5.56 Å². The summed E-state index contributed by atoms with van der Waals surface area (Å²) in [6.45, 7) is 0.156. The average molecular weight is 184 g/mol. The number of nitrogens with zero attached hydrogens (tertiary/aromatic N) is 1. The average Bonchev–Trinajstić information content (AvgIpc) is 2.08. The van der Waals surface area contributed by atoms with Gasteiger partial charge in [-0.3, -0.25) is 10.1 Å². The first-order valence-corrected chi connectivity index (χ1v) is 3.73. The van der Waals surface area contributed by atoms with Crippen molar-refractivity contribution in [1.29, 1.82) is 0 Å². The first-order chi connectivity index (χ1) is 6.16. The fourth-order valence-corrected chi connectivity index (χ4v) is 1.07. The second-order valence-corrected chi connectivity index (χ2v) is 2.52. The SMILES string of the molecule is CNCc1c(F)cccc1[N+](=O)[O-]. The van der Waals surface area contributed by atoms with Crippen molar-refractivity contribution in [2.75, 3.05) is 7.05 Å². The predicted molar refractivity (Wildman–Crippen MR) is 45.8 cm³/mol. The molecule has 1 aromatic rings. The number of hydrogen-bond acceptors (Lipinski definition) is 3. The molecule has 0 fully saturated rings. The minimum Gasteiger partial charge on any atom is -0.315 e. The molecular formula is C8H9FN2O2. The molecule has 0 aliphatic carbocycles. The minimum absolute atomic E-state index is 0.0926. The summed E-state index contributed by atoms with van der Waals surface area (Å²) in [5.74, 6) is -0.552. The van der Waals surface area contributed by atoms with Crippen LogP contribution in [0.5, 0.6) is 0 Å². The van der Waals surface area contributed by atoms with E-state index < -0.39 is 10.7 Å². The van der Waals surface area contributed by atoms with E-state index in [1.54, 1.807) is 7.05 Å².